The zero-order valence-corrected chi connectivity index (χ0v) is 13.3. The standard InChI is InChI=1S/C16H15BrF2O2/c1-20-15-8-12(14(19)9-16(15)21-2)13(17)7-10-3-5-11(18)6-4-10/h3-6,8-9,13H,7H2,1-2H3. The number of ether oxygens (including phenoxy) is 2. The van der Waals surface area contributed by atoms with Gasteiger partial charge in [-0.25, -0.2) is 8.78 Å². The van der Waals surface area contributed by atoms with Crippen molar-refractivity contribution in [3.8, 4) is 11.5 Å². The first-order chi connectivity index (χ1) is 10.0. The molecule has 1 unspecified atom stereocenters. The zero-order valence-electron chi connectivity index (χ0n) is 11.7. The molecule has 21 heavy (non-hydrogen) atoms. The van der Waals surface area contributed by atoms with Crippen LogP contribution in [0.3, 0.4) is 0 Å². The van der Waals surface area contributed by atoms with Crippen LogP contribution in [0.4, 0.5) is 8.78 Å². The van der Waals surface area contributed by atoms with E-state index in [-0.39, 0.29) is 16.5 Å². The van der Waals surface area contributed by atoms with E-state index < -0.39 is 0 Å². The summed E-state index contributed by atoms with van der Waals surface area (Å²) in [5.41, 5.74) is 1.38. The van der Waals surface area contributed by atoms with Crippen LogP contribution in [0.15, 0.2) is 36.4 Å². The van der Waals surface area contributed by atoms with Crippen LogP contribution in [0.25, 0.3) is 0 Å². The highest BCUT2D eigenvalue weighted by Crippen LogP contribution is 2.36. The van der Waals surface area contributed by atoms with Gasteiger partial charge in [0, 0.05) is 16.5 Å². The molecule has 0 bridgehead atoms. The molecule has 0 saturated heterocycles. The maximum atomic E-state index is 14.1. The molecule has 0 heterocycles. The molecule has 2 aromatic rings. The van der Waals surface area contributed by atoms with Crippen molar-refractivity contribution in [1.82, 2.24) is 0 Å². The lowest BCUT2D eigenvalue weighted by molar-refractivity contribution is 0.351. The van der Waals surface area contributed by atoms with Crippen LogP contribution in [0.5, 0.6) is 11.5 Å². The Morgan fingerprint density at radius 2 is 1.57 bits per heavy atom. The topological polar surface area (TPSA) is 18.5 Å². The van der Waals surface area contributed by atoms with E-state index in [1.54, 1.807) is 18.2 Å². The van der Waals surface area contributed by atoms with E-state index in [1.165, 1.54) is 32.4 Å². The molecule has 0 radical (unpaired) electrons. The van der Waals surface area contributed by atoms with Crippen molar-refractivity contribution in [3.05, 3.63) is 59.2 Å². The van der Waals surface area contributed by atoms with Crippen molar-refractivity contribution < 1.29 is 18.3 Å². The van der Waals surface area contributed by atoms with E-state index in [4.69, 9.17) is 9.47 Å². The first-order valence-electron chi connectivity index (χ1n) is 6.35. The Morgan fingerprint density at radius 3 is 2.14 bits per heavy atom. The van der Waals surface area contributed by atoms with Crippen LogP contribution < -0.4 is 9.47 Å². The number of methoxy groups -OCH3 is 2. The van der Waals surface area contributed by atoms with Gasteiger partial charge < -0.3 is 9.47 Å². The van der Waals surface area contributed by atoms with Gasteiger partial charge in [0.25, 0.3) is 0 Å². The molecule has 112 valence electrons. The second-order valence-electron chi connectivity index (χ2n) is 4.53. The number of alkyl halides is 1. The van der Waals surface area contributed by atoms with Crippen LogP contribution in [-0.4, -0.2) is 14.2 Å². The summed E-state index contributed by atoms with van der Waals surface area (Å²) in [6, 6.07) is 9.05. The summed E-state index contributed by atoms with van der Waals surface area (Å²) in [5, 5.41) is 0. The number of hydrogen-bond acceptors (Lipinski definition) is 2. The summed E-state index contributed by atoms with van der Waals surface area (Å²) in [7, 11) is 2.96. The summed E-state index contributed by atoms with van der Waals surface area (Å²) in [6.45, 7) is 0. The minimum Gasteiger partial charge on any atom is -0.493 e. The van der Waals surface area contributed by atoms with Crippen molar-refractivity contribution in [2.45, 2.75) is 11.2 Å². The summed E-state index contributed by atoms with van der Waals surface area (Å²) in [4.78, 5) is -0.247. The van der Waals surface area contributed by atoms with Crippen molar-refractivity contribution in [2.24, 2.45) is 0 Å². The molecular formula is C16H15BrF2O2. The third-order valence-electron chi connectivity index (χ3n) is 3.17. The van der Waals surface area contributed by atoms with Gasteiger partial charge in [-0.1, -0.05) is 28.1 Å². The van der Waals surface area contributed by atoms with Gasteiger partial charge in [-0.3, -0.25) is 0 Å². The highest BCUT2D eigenvalue weighted by atomic mass is 79.9. The van der Waals surface area contributed by atoms with Crippen LogP contribution in [0, 0.1) is 11.6 Å². The molecule has 0 aliphatic heterocycles. The average molecular weight is 357 g/mol. The third kappa shape index (κ3) is 3.73. The molecule has 0 spiro atoms. The largest absolute Gasteiger partial charge is 0.493 e. The molecule has 0 amide bonds. The Hall–Kier alpha value is -1.62. The first kappa shape index (κ1) is 15.8. The molecule has 2 aromatic carbocycles. The molecule has 0 aliphatic carbocycles. The predicted molar refractivity (Wildman–Crippen MR) is 81.3 cm³/mol. The Morgan fingerprint density at radius 1 is 1.00 bits per heavy atom. The van der Waals surface area contributed by atoms with Crippen molar-refractivity contribution in [2.75, 3.05) is 14.2 Å². The van der Waals surface area contributed by atoms with Crippen molar-refractivity contribution in [3.63, 3.8) is 0 Å². The van der Waals surface area contributed by atoms with Crippen LogP contribution in [0.1, 0.15) is 16.0 Å². The Balaban J connectivity index is 2.26. The maximum absolute atomic E-state index is 14.1. The van der Waals surface area contributed by atoms with E-state index in [0.29, 0.717) is 23.5 Å². The fraction of sp³-hybridized carbons (Fsp3) is 0.250. The van der Waals surface area contributed by atoms with Gasteiger partial charge in [-0.15, -0.1) is 0 Å². The highest BCUT2D eigenvalue weighted by molar-refractivity contribution is 9.09. The zero-order chi connectivity index (χ0) is 15.4. The monoisotopic (exact) mass is 356 g/mol. The molecular weight excluding hydrogens is 342 g/mol. The molecule has 0 aromatic heterocycles. The van der Waals surface area contributed by atoms with Gasteiger partial charge in [-0.2, -0.15) is 0 Å². The average Bonchev–Trinajstić information content (AvgIpc) is 2.49. The highest BCUT2D eigenvalue weighted by Gasteiger charge is 2.17. The second kappa shape index (κ2) is 6.89. The summed E-state index contributed by atoms with van der Waals surface area (Å²) in [5.74, 6) is 0.150. The first-order valence-corrected chi connectivity index (χ1v) is 7.26. The number of halogens is 3. The molecule has 5 heteroatoms. The van der Waals surface area contributed by atoms with Gasteiger partial charge in [0.15, 0.2) is 11.5 Å². The van der Waals surface area contributed by atoms with Crippen molar-refractivity contribution >= 4 is 15.9 Å². The Kier molecular flexibility index (Phi) is 5.17. The van der Waals surface area contributed by atoms with E-state index in [0.717, 1.165) is 5.56 Å². The van der Waals surface area contributed by atoms with E-state index in [1.807, 2.05) is 0 Å². The van der Waals surface area contributed by atoms with Gasteiger partial charge in [0.1, 0.15) is 11.6 Å². The number of rotatable bonds is 5. The smallest absolute Gasteiger partial charge is 0.163 e. The van der Waals surface area contributed by atoms with Gasteiger partial charge in [-0.05, 0) is 30.2 Å². The van der Waals surface area contributed by atoms with Gasteiger partial charge in [0.05, 0.1) is 14.2 Å². The van der Waals surface area contributed by atoms with Crippen LogP contribution >= 0.6 is 15.9 Å². The predicted octanol–water partition coefficient (Wildman–Crippen LogP) is 4.66. The lowest BCUT2D eigenvalue weighted by Crippen LogP contribution is -2.01. The molecule has 2 rings (SSSR count). The van der Waals surface area contributed by atoms with Gasteiger partial charge >= 0.3 is 0 Å². The van der Waals surface area contributed by atoms with E-state index in [9.17, 15) is 8.78 Å². The van der Waals surface area contributed by atoms with Crippen LogP contribution in [-0.2, 0) is 6.42 Å². The molecule has 0 aliphatic rings. The fourth-order valence-corrected chi connectivity index (χ4v) is 2.77. The molecule has 0 saturated carbocycles. The Labute approximate surface area is 130 Å². The second-order valence-corrected chi connectivity index (χ2v) is 5.63. The Bertz CT molecular complexity index is 614. The van der Waals surface area contributed by atoms with Crippen molar-refractivity contribution in [1.29, 1.82) is 0 Å². The van der Waals surface area contributed by atoms with Crippen LogP contribution in [0.2, 0.25) is 0 Å². The summed E-state index contributed by atoms with van der Waals surface area (Å²) >= 11 is 3.47. The molecule has 1 atom stereocenters. The summed E-state index contributed by atoms with van der Waals surface area (Å²) in [6.07, 6.45) is 0.534. The van der Waals surface area contributed by atoms with Gasteiger partial charge in [0.2, 0.25) is 0 Å². The molecule has 0 fully saturated rings. The molecule has 0 N–H and O–H groups in total. The number of hydrogen-bond donors (Lipinski definition) is 0. The minimum atomic E-state index is -0.378. The lowest BCUT2D eigenvalue weighted by Gasteiger charge is -2.15. The lowest BCUT2D eigenvalue weighted by atomic mass is 10.0. The maximum Gasteiger partial charge on any atom is 0.163 e. The fourth-order valence-electron chi connectivity index (χ4n) is 2.05. The SMILES string of the molecule is COc1cc(F)c(C(Br)Cc2ccc(F)cc2)cc1OC. The van der Waals surface area contributed by atoms with E-state index >= 15 is 0 Å². The minimum absolute atomic E-state index is 0.247. The summed E-state index contributed by atoms with van der Waals surface area (Å²) < 4.78 is 37.3. The van der Waals surface area contributed by atoms with E-state index in [2.05, 4.69) is 15.9 Å². The molecule has 2 nitrogen and oxygen atoms in total. The third-order valence-corrected chi connectivity index (χ3v) is 3.99. The number of benzene rings is 2. The quantitative estimate of drug-likeness (QED) is 0.725. The normalized spacial score (nSPS) is 12.0.